The first-order chi connectivity index (χ1) is 6.36. The van der Waals surface area contributed by atoms with E-state index in [1.165, 1.54) is 28.5 Å². The van der Waals surface area contributed by atoms with Crippen molar-refractivity contribution in [2.75, 3.05) is 11.5 Å². The van der Waals surface area contributed by atoms with Crippen molar-refractivity contribution >= 4 is 23.3 Å². The zero-order valence-electron chi connectivity index (χ0n) is 8.38. The van der Waals surface area contributed by atoms with Crippen LogP contribution >= 0.6 is 23.3 Å². The van der Waals surface area contributed by atoms with Crippen LogP contribution in [0.25, 0.3) is 0 Å². The highest BCUT2D eigenvalue weighted by molar-refractivity contribution is 7.99. The van der Waals surface area contributed by atoms with Crippen molar-refractivity contribution in [3.8, 4) is 0 Å². The highest BCUT2D eigenvalue weighted by Crippen LogP contribution is 2.13. The fourth-order valence-electron chi connectivity index (χ4n) is 1.06. The summed E-state index contributed by atoms with van der Waals surface area (Å²) in [7, 11) is 0. The lowest BCUT2D eigenvalue weighted by Gasteiger charge is -1.95. The standard InChI is InChI=1S/C10H17NS2/c1-3-6-12-7-5-9-8-10(4-2)13-11-9/h8H,3-7H2,1-2H3. The number of thioether (sulfide) groups is 1. The van der Waals surface area contributed by atoms with Crippen molar-refractivity contribution in [2.45, 2.75) is 33.1 Å². The second kappa shape index (κ2) is 6.44. The van der Waals surface area contributed by atoms with Crippen LogP contribution in [0.2, 0.25) is 0 Å². The maximum atomic E-state index is 4.41. The Morgan fingerprint density at radius 2 is 2.23 bits per heavy atom. The Morgan fingerprint density at radius 1 is 1.38 bits per heavy atom. The molecule has 0 aliphatic heterocycles. The minimum Gasteiger partial charge on any atom is -0.197 e. The van der Waals surface area contributed by atoms with Crippen LogP contribution in [0.4, 0.5) is 0 Å². The molecule has 0 N–H and O–H groups in total. The third kappa shape index (κ3) is 4.14. The molecule has 0 spiro atoms. The molecule has 0 fully saturated rings. The first-order valence-electron chi connectivity index (χ1n) is 4.89. The van der Waals surface area contributed by atoms with Gasteiger partial charge in [-0.1, -0.05) is 13.8 Å². The van der Waals surface area contributed by atoms with E-state index in [1.807, 2.05) is 11.8 Å². The first kappa shape index (κ1) is 11.1. The molecule has 1 nitrogen and oxygen atoms in total. The molecule has 0 aromatic carbocycles. The van der Waals surface area contributed by atoms with Gasteiger partial charge < -0.3 is 0 Å². The van der Waals surface area contributed by atoms with Crippen molar-refractivity contribution in [1.82, 2.24) is 4.37 Å². The van der Waals surface area contributed by atoms with Crippen LogP contribution in [-0.4, -0.2) is 15.9 Å². The fraction of sp³-hybridized carbons (Fsp3) is 0.700. The average molecular weight is 215 g/mol. The molecule has 1 heterocycles. The third-order valence-corrected chi connectivity index (χ3v) is 3.96. The Labute approximate surface area is 89.1 Å². The molecular formula is C10H17NS2. The van der Waals surface area contributed by atoms with Gasteiger partial charge in [0.1, 0.15) is 0 Å². The van der Waals surface area contributed by atoms with E-state index in [-0.39, 0.29) is 0 Å². The van der Waals surface area contributed by atoms with Gasteiger partial charge in [-0.2, -0.15) is 16.1 Å². The van der Waals surface area contributed by atoms with E-state index in [0.717, 1.165) is 12.8 Å². The van der Waals surface area contributed by atoms with Gasteiger partial charge in [0, 0.05) is 4.88 Å². The molecule has 0 radical (unpaired) electrons. The lowest BCUT2D eigenvalue weighted by atomic mass is 10.3. The number of nitrogens with zero attached hydrogens (tertiary/aromatic N) is 1. The van der Waals surface area contributed by atoms with Crippen LogP contribution in [0.5, 0.6) is 0 Å². The van der Waals surface area contributed by atoms with E-state index in [9.17, 15) is 0 Å². The monoisotopic (exact) mass is 215 g/mol. The van der Waals surface area contributed by atoms with E-state index in [1.54, 1.807) is 11.5 Å². The Morgan fingerprint density at radius 3 is 2.85 bits per heavy atom. The SMILES string of the molecule is CCCSCCc1cc(CC)sn1. The first-order valence-corrected chi connectivity index (χ1v) is 6.81. The molecule has 0 aliphatic rings. The second-order valence-electron chi connectivity index (χ2n) is 3.00. The summed E-state index contributed by atoms with van der Waals surface area (Å²) in [5, 5.41) is 0. The van der Waals surface area contributed by atoms with Crippen molar-refractivity contribution in [2.24, 2.45) is 0 Å². The number of hydrogen-bond donors (Lipinski definition) is 0. The molecule has 3 heteroatoms. The van der Waals surface area contributed by atoms with Crippen LogP contribution in [0.1, 0.15) is 30.8 Å². The van der Waals surface area contributed by atoms with Gasteiger partial charge in [0.15, 0.2) is 0 Å². The van der Waals surface area contributed by atoms with Crippen molar-refractivity contribution in [3.05, 3.63) is 16.6 Å². The van der Waals surface area contributed by atoms with Gasteiger partial charge in [0.25, 0.3) is 0 Å². The number of aryl methyl sites for hydroxylation is 2. The quantitative estimate of drug-likeness (QED) is 0.675. The van der Waals surface area contributed by atoms with Crippen molar-refractivity contribution in [3.63, 3.8) is 0 Å². The minimum atomic E-state index is 1.12. The molecule has 0 unspecified atom stereocenters. The molecule has 0 saturated carbocycles. The van der Waals surface area contributed by atoms with Gasteiger partial charge in [-0.25, -0.2) is 0 Å². The summed E-state index contributed by atoms with van der Waals surface area (Å²) >= 11 is 3.68. The van der Waals surface area contributed by atoms with Crippen LogP contribution in [0.15, 0.2) is 6.07 Å². The van der Waals surface area contributed by atoms with Gasteiger partial charge in [-0.15, -0.1) is 0 Å². The normalized spacial score (nSPS) is 10.6. The molecule has 74 valence electrons. The summed E-state index contributed by atoms with van der Waals surface area (Å²) in [5.41, 5.74) is 1.28. The van der Waals surface area contributed by atoms with E-state index in [2.05, 4.69) is 24.3 Å². The third-order valence-electron chi connectivity index (χ3n) is 1.81. The lowest BCUT2D eigenvalue weighted by Crippen LogP contribution is -1.88. The van der Waals surface area contributed by atoms with Gasteiger partial charge in [-0.3, -0.25) is 0 Å². The molecule has 1 aromatic heterocycles. The molecule has 0 atom stereocenters. The lowest BCUT2D eigenvalue weighted by molar-refractivity contribution is 1.07. The van der Waals surface area contributed by atoms with Crippen molar-refractivity contribution < 1.29 is 0 Å². The zero-order valence-corrected chi connectivity index (χ0v) is 10.0. The molecular weight excluding hydrogens is 198 g/mol. The van der Waals surface area contributed by atoms with Crippen LogP contribution in [0.3, 0.4) is 0 Å². The number of rotatable bonds is 6. The van der Waals surface area contributed by atoms with Gasteiger partial charge >= 0.3 is 0 Å². The number of hydrogen-bond acceptors (Lipinski definition) is 3. The van der Waals surface area contributed by atoms with Gasteiger partial charge in [0.05, 0.1) is 5.69 Å². The highest BCUT2D eigenvalue weighted by atomic mass is 32.2. The number of aromatic nitrogens is 1. The minimum absolute atomic E-state index is 1.12. The summed E-state index contributed by atoms with van der Waals surface area (Å²) in [5.74, 6) is 2.51. The summed E-state index contributed by atoms with van der Waals surface area (Å²) < 4.78 is 4.41. The van der Waals surface area contributed by atoms with Gasteiger partial charge in [-0.05, 0) is 48.4 Å². The highest BCUT2D eigenvalue weighted by Gasteiger charge is 1.99. The molecule has 0 saturated heterocycles. The predicted molar refractivity (Wildman–Crippen MR) is 62.8 cm³/mol. The van der Waals surface area contributed by atoms with Crippen LogP contribution < -0.4 is 0 Å². The van der Waals surface area contributed by atoms with Gasteiger partial charge in [0.2, 0.25) is 0 Å². The Balaban J connectivity index is 2.20. The van der Waals surface area contributed by atoms with E-state index < -0.39 is 0 Å². The maximum Gasteiger partial charge on any atom is 0.0553 e. The smallest absolute Gasteiger partial charge is 0.0553 e. The summed E-state index contributed by atoms with van der Waals surface area (Å²) in [6, 6.07) is 2.25. The van der Waals surface area contributed by atoms with E-state index in [4.69, 9.17) is 0 Å². The summed E-state index contributed by atoms with van der Waals surface area (Å²) in [6.07, 6.45) is 3.54. The second-order valence-corrected chi connectivity index (χ2v) is 5.11. The molecule has 0 amide bonds. The fourth-order valence-corrected chi connectivity index (χ4v) is 2.61. The predicted octanol–water partition coefficient (Wildman–Crippen LogP) is 3.39. The molecule has 1 rings (SSSR count). The molecule has 1 aromatic rings. The molecule has 13 heavy (non-hydrogen) atoms. The Bertz CT molecular complexity index is 233. The van der Waals surface area contributed by atoms with Crippen LogP contribution in [0, 0.1) is 0 Å². The Kier molecular flexibility index (Phi) is 5.47. The molecule has 0 bridgehead atoms. The summed E-state index contributed by atoms with van der Waals surface area (Å²) in [4.78, 5) is 1.41. The topological polar surface area (TPSA) is 12.9 Å². The van der Waals surface area contributed by atoms with Crippen molar-refractivity contribution in [1.29, 1.82) is 0 Å². The van der Waals surface area contributed by atoms with E-state index >= 15 is 0 Å². The zero-order chi connectivity index (χ0) is 9.52. The summed E-state index contributed by atoms with van der Waals surface area (Å²) in [6.45, 7) is 4.41. The Hall–Kier alpha value is -0.0200. The van der Waals surface area contributed by atoms with E-state index in [0.29, 0.717) is 0 Å². The molecule has 0 aliphatic carbocycles. The van der Waals surface area contributed by atoms with Crippen LogP contribution in [-0.2, 0) is 12.8 Å². The average Bonchev–Trinajstić information content (AvgIpc) is 2.60. The largest absolute Gasteiger partial charge is 0.197 e. The maximum absolute atomic E-state index is 4.41.